The summed E-state index contributed by atoms with van der Waals surface area (Å²) in [7, 11) is 0. The topological polar surface area (TPSA) is 81.7 Å². The van der Waals surface area contributed by atoms with E-state index in [9.17, 15) is 14.7 Å². The van der Waals surface area contributed by atoms with E-state index >= 15 is 0 Å². The van der Waals surface area contributed by atoms with E-state index in [4.69, 9.17) is 0 Å². The standard InChI is InChI=1S/C16H21N3O3/c1-9(2)17-11-5-3-4-10-8-19(16(22)14(10)11)12-6-7-13(20)18-15(12)21/h3-5,9,12-13,17,20H,6-8H2,1-2H3,(H,18,21). The summed E-state index contributed by atoms with van der Waals surface area (Å²) in [5.74, 6) is -0.395. The molecule has 22 heavy (non-hydrogen) atoms. The van der Waals surface area contributed by atoms with E-state index in [0.29, 0.717) is 24.9 Å². The average Bonchev–Trinajstić information content (AvgIpc) is 2.76. The molecule has 1 aromatic rings. The largest absolute Gasteiger partial charge is 0.382 e. The van der Waals surface area contributed by atoms with E-state index in [1.807, 2.05) is 32.0 Å². The first-order valence-electron chi connectivity index (χ1n) is 7.65. The Hall–Kier alpha value is -2.08. The molecule has 0 spiro atoms. The van der Waals surface area contributed by atoms with Crippen LogP contribution in [-0.2, 0) is 11.3 Å². The fourth-order valence-corrected chi connectivity index (χ4v) is 3.14. The lowest BCUT2D eigenvalue weighted by Crippen LogP contribution is -2.54. The van der Waals surface area contributed by atoms with Gasteiger partial charge in [0.05, 0.1) is 5.56 Å². The number of nitrogens with one attached hydrogen (secondary N) is 2. The Morgan fingerprint density at radius 2 is 2.09 bits per heavy atom. The lowest BCUT2D eigenvalue weighted by Gasteiger charge is -2.32. The van der Waals surface area contributed by atoms with E-state index in [-0.39, 0.29) is 17.9 Å². The van der Waals surface area contributed by atoms with Crippen LogP contribution in [0.5, 0.6) is 0 Å². The summed E-state index contributed by atoms with van der Waals surface area (Å²) in [5, 5.41) is 15.3. The molecule has 3 N–H and O–H groups in total. The number of hydrogen-bond donors (Lipinski definition) is 3. The molecule has 3 rings (SSSR count). The average molecular weight is 303 g/mol. The molecule has 1 aromatic carbocycles. The van der Waals surface area contributed by atoms with Crippen LogP contribution < -0.4 is 10.6 Å². The Balaban J connectivity index is 1.87. The number of rotatable bonds is 3. The highest BCUT2D eigenvalue weighted by atomic mass is 16.3. The molecule has 0 aromatic heterocycles. The zero-order chi connectivity index (χ0) is 15.9. The molecule has 0 bridgehead atoms. The number of carbonyl (C=O) groups is 2. The molecule has 2 atom stereocenters. The maximum absolute atomic E-state index is 12.8. The third kappa shape index (κ3) is 2.54. The molecular weight excluding hydrogens is 282 g/mol. The summed E-state index contributed by atoms with van der Waals surface area (Å²) in [4.78, 5) is 26.4. The van der Waals surface area contributed by atoms with Crippen LogP contribution in [0.15, 0.2) is 18.2 Å². The number of hydrogen-bond acceptors (Lipinski definition) is 4. The highest BCUT2D eigenvalue weighted by Crippen LogP contribution is 2.32. The van der Waals surface area contributed by atoms with E-state index < -0.39 is 12.3 Å². The normalized spacial score (nSPS) is 24.5. The molecule has 2 aliphatic rings. The van der Waals surface area contributed by atoms with Crippen LogP contribution in [0.1, 0.15) is 42.6 Å². The lowest BCUT2D eigenvalue weighted by atomic mass is 10.0. The molecule has 6 heteroatoms. The molecule has 2 aliphatic heterocycles. The van der Waals surface area contributed by atoms with Gasteiger partial charge in [-0.3, -0.25) is 9.59 Å². The number of fused-ring (bicyclic) bond motifs is 1. The zero-order valence-electron chi connectivity index (χ0n) is 12.8. The van der Waals surface area contributed by atoms with Crippen molar-refractivity contribution in [3.05, 3.63) is 29.3 Å². The van der Waals surface area contributed by atoms with Gasteiger partial charge in [-0.1, -0.05) is 12.1 Å². The molecular formula is C16H21N3O3. The van der Waals surface area contributed by atoms with E-state index in [1.165, 1.54) is 0 Å². The van der Waals surface area contributed by atoms with Gasteiger partial charge >= 0.3 is 0 Å². The number of nitrogens with zero attached hydrogens (tertiary/aromatic N) is 1. The second-order valence-corrected chi connectivity index (χ2v) is 6.19. The zero-order valence-corrected chi connectivity index (χ0v) is 12.8. The second kappa shape index (κ2) is 5.61. The van der Waals surface area contributed by atoms with Gasteiger partial charge in [0.15, 0.2) is 0 Å². The number of carbonyl (C=O) groups excluding carboxylic acids is 2. The van der Waals surface area contributed by atoms with Gasteiger partial charge in [0, 0.05) is 18.3 Å². The highest BCUT2D eigenvalue weighted by molar-refractivity contribution is 6.05. The summed E-state index contributed by atoms with van der Waals surface area (Å²) in [6.45, 7) is 4.48. The van der Waals surface area contributed by atoms with Crippen molar-refractivity contribution in [2.24, 2.45) is 0 Å². The maximum Gasteiger partial charge on any atom is 0.257 e. The quantitative estimate of drug-likeness (QED) is 0.780. The number of aliphatic hydroxyl groups excluding tert-OH is 1. The predicted molar refractivity (Wildman–Crippen MR) is 82.2 cm³/mol. The van der Waals surface area contributed by atoms with E-state index in [2.05, 4.69) is 10.6 Å². The van der Waals surface area contributed by atoms with Crippen molar-refractivity contribution in [2.45, 2.75) is 51.5 Å². The first kappa shape index (κ1) is 14.8. The Morgan fingerprint density at radius 1 is 1.32 bits per heavy atom. The molecule has 0 saturated carbocycles. The van der Waals surface area contributed by atoms with Crippen molar-refractivity contribution in [2.75, 3.05) is 5.32 Å². The first-order valence-corrected chi connectivity index (χ1v) is 7.65. The number of anilines is 1. The molecule has 1 saturated heterocycles. The molecule has 2 unspecified atom stereocenters. The van der Waals surface area contributed by atoms with Gasteiger partial charge < -0.3 is 20.6 Å². The molecule has 2 heterocycles. The molecule has 6 nitrogen and oxygen atoms in total. The van der Waals surface area contributed by atoms with Gasteiger partial charge in [-0.25, -0.2) is 0 Å². The third-order valence-electron chi connectivity index (χ3n) is 4.11. The van der Waals surface area contributed by atoms with Crippen molar-refractivity contribution in [3.63, 3.8) is 0 Å². The fourth-order valence-electron chi connectivity index (χ4n) is 3.14. The van der Waals surface area contributed by atoms with Crippen molar-refractivity contribution in [3.8, 4) is 0 Å². The summed E-state index contributed by atoms with van der Waals surface area (Å²) >= 11 is 0. The second-order valence-electron chi connectivity index (χ2n) is 6.19. The fraction of sp³-hybridized carbons (Fsp3) is 0.500. The van der Waals surface area contributed by atoms with Crippen LogP contribution in [0, 0.1) is 0 Å². The van der Waals surface area contributed by atoms with Gasteiger partial charge in [-0.05, 0) is 38.3 Å². The highest BCUT2D eigenvalue weighted by Gasteiger charge is 2.40. The number of amides is 2. The van der Waals surface area contributed by atoms with E-state index in [0.717, 1.165) is 11.3 Å². The van der Waals surface area contributed by atoms with Crippen molar-refractivity contribution < 1.29 is 14.7 Å². The third-order valence-corrected chi connectivity index (χ3v) is 4.11. The van der Waals surface area contributed by atoms with Crippen LogP contribution >= 0.6 is 0 Å². The lowest BCUT2D eigenvalue weighted by molar-refractivity contribution is -0.132. The van der Waals surface area contributed by atoms with Crippen LogP contribution in [0.3, 0.4) is 0 Å². The van der Waals surface area contributed by atoms with Gasteiger partial charge in [0.1, 0.15) is 12.3 Å². The van der Waals surface area contributed by atoms with Gasteiger partial charge in [0.25, 0.3) is 5.91 Å². The minimum atomic E-state index is -0.804. The maximum atomic E-state index is 12.8. The molecule has 0 aliphatic carbocycles. The monoisotopic (exact) mass is 303 g/mol. The Bertz CT molecular complexity index is 615. The van der Waals surface area contributed by atoms with E-state index in [1.54, 1.807) is 4.90 Å². The van der Waals surface area contributed by atoms with Gasteiger partial charge in [-0.15, -0.1) is 0 Å². The van der Waals surface area contributed by atoms with Gasteiger partial charge in [0.2, 0.25) is 5.91 Å². The van der Waals surface area contributed by atoms with Crippen LogP contribution in [-0.4, -0.2) is 40.1 Å². The van der Waals surface area contributed by atoms with Crippen molar-refractivity contribution in [1.82, 2.24) is 10.2 Å². The Labute approximate surface area is 129 Å². The SMILES string of the molecule is CC(C)Nc1cccc2c1C(=O)N(C1CCC(O)NC1=O)C2. The minimum absolute atomic E-state index is 0.115. The van der Waals surface area contributed by atoms with Crippen LogP contribution in [0.4, 0.5) is 5.69 Å². The van der Waals surface area contributed by atoms with Crippen LogP contribution in [0.25, 0.3) is 0 Å². The summed E-state index contributed by atoms with van der Waals surface area (Å²) in [6.07, 6.45) is 0.148. The summed E-state index contributed by atoms with van der Waals surface area (Å²) in [5.41, 5.74) is 2.42. The van der Waals surface area contributed by atoms with Crippen molar-refractivity contribution >= 4 is 17.5 Å². The Morgan fingerprint density at radius 3 is 2.77 bits per heavy atom. The number of aliphatic hydroxyl groups is 1. The molecule has 118 valence electrons. The van der Waals surface area contributed by atoms with Crippen molar-refractivity contribution in [1.29, 1.82) is 0 Å². The van der Waals surface area contributed by atoms with Crippen LogP contribution in [0.2, 0.25) is 0 Å². The molecule has 2 amide bonds. The van der Waals surface area contributed by atoms with Gasteiger partial charge in [-0.2, -0.15) is 0 Å². The Kier molecular flexibility index (Phi) is 3.78. The minimum Gasteiger partial charge on any atom is -0.382 e. The number of benzene rings is 1. The first-order chi connectivity index (χ1) is 10.5. The summed E-state index contributed by atoms with van der Waals surface area (Å²) < 4.78 is 0. The molecule has 0 radical (unpaired) electrons. The molecule has 1 fully saturated rings. The summed E-state index contributed by atoms with van der Waals surface area (Å²) in [6, 6.07) is 5.46. The predicted octanol–water partition coefficient (Wildman–Crippen LogP) is 1.06. The number of piperidine rings is 1. The smallest absolute Gasteiger partial charge is 0.257 e.